The van der Waals surface area contributed by atoms with E-state index in [0.29, 0.717) is 18.6 Å². The van der Waals surface area contributed by atoms with Crippen molar-refractivity contribution < 1.29 is 29.8 Å². The Kier molecular flexibility index (Phi) is 4.37. The molecule has 0 aromatic carbocycles. The smallest absolute Gasteiger partial charge is 0.211 e. The molecule has 0 aromatic heterocycles. The zero-order valence-electron chi connectivity index (χ0n) is 17.7. The van der Waals surface area contributed by atoms with Gasteiger partial charge in [0.25, 0.3) is 0 Å². The summed E-state index contributed by atoms with van der Waals surface area (Å²) < 4.78 is 0. The summed E-state index contributed by atoms with van der Waals surface area (Å²) >= 11 is 0. The third kappa shape index (κ3) is 2.37. The maximum atomic E-state index is 13.1. The van der Waals surface area contributed by atoms with E-state index in [0.717, 1.165) is 18.4 Å². The highest BCUT2D eigenvalue weighted by atomic mass is 16.7. The fourth-order valence-corrected chi connectivity index (χ4v) is 7.89. The van der Waals surface area contributed by atoms with Crippen LogP contribution in [0.5, 0.6) is 0 Å². The molecule has 166 valence electrons. The van der Waals surface area contributed by atoms with Crippen LogP contribution in [0.4, 0.5) is 0 Å². The van der Waals surface area contributed by atoms with E-state index in [-0.39, 0.29) is 23.5 Å². The Balaban J connectivity index is 1.60. The van der Waals surface area contributed by atoms with Crippen LogP contribution >= 0.6 is 0 Å². The maximum Gasteiger partial charge on any atom is 0.211 e. The number of ketones is 2. The highest BCUT2D eigenvalue weighted by Gasteiger charge is 2.76. The lowest BCUT2D eigenvalue weighted by Gasteiger charge is -2.59. The van der Waals surface area contributed by atoms with Gasteiger partial charge >= 0.3 is 0 Å². The third-order valence-electron chi connectivity index (χ3n) is 9.11. The fraction of sp³-hybridized carbons (Fsp3) is 0.652. The Morgan fingerprint density at radius 1 is 1.42 bits per heavy atom. The number of aliphatic hydroxyl groups excluding tert-OH is 2. The first-order valence-electron chi connectivity index (χ1n) is 10.9. The normalized spacial score (nSPS) is 47.7. The van der Waals surface area contributed by atoms with E-state index >= 15 is 0 Å². The molecule has 0 bridgehead atoms. The van der Waals surface area contributed by atoms with E-state index in [1.807, 2.05) is 13.0 Å². The maximum absolute atomic E-state index is 13.1. The number of allylic oxidation sites excluding steroid dienone is 4. The SMILES string of the molecule is C[C@]12C=CC(=O)C=C1CC[C@@H]1[C@@H]2C(O)C[C@@]2(C)[C@H]1C[C@H]1C(/C=N\O)=NO[C@]12C(=O)CO. The molecule has 3 saturated carbocycles. The number of hydrogen-bond acceptors (Lipinski definition) is 8. The van der Waals surface area contributed by atoms with E-state index in [1.54, 1.807) is 12.2 Å². The second kappa shape index (κ2) is 6.59. The Bertz CT molecular complexity index is 969. The lowest BCUT2D eigenvalue weighted by molar-refractivity contribution is -0.192. The van der Waals surface area contributed by atoms with Crippen LogP contribution in [0.3, 0.4) is 0 Å². The summed E-state index contributed by atoms with van der Waals surface area (Å²) in [5.41, 5.74) is -1.08. The van der Waals surface area contributed by atoms with Crippen LogP contribution in [0.2, 0.25) is 0 Å². The molecule has 31 heavy (non-hydrogen) atoms. The van der Waals surface area contributed by atoms with Gasteiger partial charge in [0.05, 0.1) is 18.2 Å². The average Bonchev–Trinajstić information content (AvgIpc) is 3.22. The van der Waals surface area contributed by atoms with Gasteiger partial charge in [-0.25, -0.2) is 0 Å². The lowest BCUT2D eigenvalue weighted by atomic mass is 9.46. The zero-order chi connectivity index (χ0) is 22.2. The summed E-state index contributed by atoms with van der Waals surface area (Å²) in [6, 6.07) is 0. The minimum atomic E-state index is -1.38. The van der Waals surface area contributed by atoms with Crippen LogP contribution in [-0.2, 0) is 14.4 Å². The second-order valence-corrected chi connectivity index (χ2v) is 10.2. The topological polar surface area (TPSA) is 129 Å². The Labute approximate surface area is 180 Å². The third-order valence-corrected chi connectivity index (χ3v) is 9.11. The molecular weight excluding hydrogens is 400 g/mol. The predicted molar refractivity (Wildman–Crippen MR) is 111 cm³/mol. The van der Waals surface area contributed by atoms with Gasteiger partial charge in [0.2, 0.25) is 11.4 Å². The minimum absolute atomic E-state index is 0.0125. The predicted octanol–water partition coefficient (Wildman–Crippen LogP) is 1.64. The molecule has 8 heteroatoms. The van der Waals surface area contributed by atoms with Crippen LogP contribution in [0, 0.1) is 34.5 Å². The molecule has 5 rings (SSSR count). The largest absolute Gasteiger partial charge is 0.411 e. The highest BCUT2D eigenvalue weighted by Crippen LogP contribution is 2.70. The number of fused-ring (bicyclic) bond motifs is 7. The van der Waals surface area contributed by atoms with Gasteiger partial charge in [-0.3, -0.25) is 9.59 Å². The number of nitrogens with zero attached hydrogens (tertiary/aromatic N) is 2. The molecule has 5 aliphatic rings. The second-order valence-electron chi connectivity index (χ2n) is 10.2. The number of oxime groups is 2. The lowest BCUT2D eigenvalue weighted by Crippen LogP contribution is -2.63. The van der Waals surface area contributed by atoms with Crippen molar-refractivity contribution in [1.29, 1.82) is 0 Å². The number of carbonyl (C=O) groups is 2. The molecule has 0 aromatic rings. The van der Waals surface area contributed by atoms with Crippen LogP contribution in [-0.4, -0.2) is 57.2 Å². The van der Waals surface area contributed by atoms with Crippen molar-refractivity contribution in [3.63, 3.8) is 0 Å². The van der Waals surface area contributed by atoms with Gasteiger partial charge in [-0.1, -0.05) is 35.8 Å². The van der Waals surface area contributed by atoms with Crippen molar-refractivity contribution in [1.82, 2.24) is 0 Å². The Morgan fingerprint density at radius 3 is 2.90 bits per heavy atom. The van der Waals surface area contributed by atoms with Crippen LogP contribution < -0.4 is 0 Å². The monoisotopic (exact) mass is 428 g/mol. The molecule has 1 heterocycles. The van der Waals surface area contributed by atoms with Gasteiger partial charge in [0.1, 0.15) is 12.3 Å². The first-order valence-corrected chi connectivity index (χ1v) is 10.9. The van der Waals surface area contributed by atoms with Crippen molar-refractivity contribution in [2.45, 2.75) is 51.2 Å². The molecule has 0 radical (unpaired) electrons. The molecule has 4 aliphatic carbocycles. The van der Waals surface area contributed by atoms with Gasteiger partial charge in [-0.05, 0) is 49.7 Å². The van der Waals surface area contributed by atoms with Crippen molar-refractivity contribution in [2.24, 2.45) is 44.8 Å². The molecule has 1 aliphatic heterocycles. The summed E-state index contributed by atoms with van der Waals surface area (Å²) in [6.07, 6.45) is 8.23. The molecule has 8 nitrogen and oxygen atoms in total. The molecule has 0 amide bonds. The number of hydrogen-bond donors (Lipinski definition) is 3. The molecule has 0 spiro atoms. The van der Waals surface area contributed by atoms with Gasteiger partial charge in [0.15, 0.2) is 5.78 Å². The van der Waals surface area contributed by atoms with Crippen molar-refractivity contribution >= 4 is 23.5 Å². The van der Waals surface area contributed by atoms with Crippen LogP contribution in [0.25, 0.3) is 0 Å². The first-order chi connectivity index (χ1) is 14.7. The van der Waals surface area contributed by atoms with E-state index in [4.69, 9.17) is 10.0 Å². The molecule has 3 N–H and O–H groups in total. The summed E-state index contributed by atoms with van der Waals surface area (Å²) in [6.45, 7) is 3.38. The molecular formula is C23H28N2O6. The van der Waals surface area contributed by atoms with Gasteiger partial charge in [0, 0.05) is 16.7 Å². The fourth-order valence-electron chi connectivity index (χ4n) is 7.89. The summed E-state index contributed by atoms with van der Waals surface area (Å²) in [7, 11) is 0. The van der Waals surface area contributed by atoms with E-state index < -0.39 is 40.8 Å². The zero-order valence-corrected chi connectivity index (χ0v) is 17.7. The average molecular weight is 428 g/mol. The number of rotatable bonds is 3. The molecule has 8 atom stereocenters. The minimum Gasteiger partial charge on any atom is -0.411 e. The summed E-state index contributed by atoms with van der Waals surface area (Å²) in [5.74, 6) is -0.841. The number of Topliss-reactive ketones (excluding diaryl/α,β-unsaturated/α-hetero) is 1. The summed E-state index contributed by atoms with van der Waals surface area (Å²) in [4.78, 5) is 30.9. The van der Waals surface area contributed by atoms with Crippen LogP contribution in [0.15, 0.2) is 34.1 Å². The summed E-state index contributed by atoms with van der Waals surface area (Å²) in [5, 5.41) is 37.5. The van der Waals surface area contributed by atoms with E-state index in [1.165, 1.54) is 6.21 Å². The molecule has 0 saturated heterocycles. The first kappa shape index (κ1) is 20.6. The van der Waals surface area contributed by atoms with Gasteiger partial charge < -0.3 is 20.3 Å². The number of carbonyl (C=O) groups excluding carboxylic acids is 2. The van der Waals surface area contributed by atoms with E-state index in [2.05, 4.69) is 17.2 Å². The van der Waals surface area contributed by atoms with E-state index in [9.17, 15) is 19.8 Å². The quantitative estimate of drug-likeness (QED) is 0.356. The van der Waals surface area contributed by atoms with Crippen molar-refractivity contribution in [3.05, 3.63) is 23.8 Å². The molecule has 1 unspecified atom stereocenters. The van der Waals surface area contributed by atoms with Crippen molar-refractivity contribution in [3.8, 4) is 0 Å². The Morgan fingerprint density at radius 2 is 2.19 bits per heavy atom. The van der Waals surface area contributed by atoms with Crippen LogP contribution in [0.1, 0.15) is 39.5 Å². The Hall–Kier alpha value is -2.32. The van der Waals surface area contributed by atoms with Gasteiger partial charge in [-0.15, -0.1) is 0 Å². The standard InChI is InChI=1S/C23H28N2O6/c1-21-6-5-13(27)7-12(21)3-4-14-15-8-16-17(10-24-30)25-31-23(16,19(29)11-26)22(15,2)9-18(28)20(14)21/h5-7,10,14-16,18,20,26,28,30H,3-4,8-9,11H2,1-2H3/b24-10-/t14-,15-,16-,18?,20+,21-,22-,23-/m0/s1. The van der Waals surface area contributed by atoms with Gasteiger partial charge in [-0.2, -0.15) is 0 Å². The molecule has 3 fully saturated rings. The highest BCUT2D eigenvalue weighted by molar-refractivity contribution is 6.33. The van der Waals surface area contributed by atoms with Crippen molar-refractivity contribution in [2.75, 3.05) is 6.61 Å². The number of aliphatic hydroxyl groups is 2.